The third-order valence-electron chi connectivity index (χ3n) is 3.10. The number of nitrogen functional groups attached to an aromatic ring is 1. The maximum absolute atomic E-state index is 6.00. The van der Waals surface area contributed by atoms with Crippen molar-refractivity contribution in [3.63, 3.8) is 0 Å². The quantitative estimate of drug-likeness (QED) is 0.823. The lowest BCUT2D eigenvalue weighted by Gasteiger charge is -2.14. The fourth-order valence-corrected chi connectivity index (χ4v) is 2.22. The maximum Gasteiger partial charge on any atom is 0.131 e. The molecule has 1 aliphatic rings. The van der Waals surface area contributed by atoms with Crippen LogP contribution in [0.2, 0.25) is 0 Å². The molecule has 1 aromatic carbocycles. The van der Waals surface area contributed by atoms with Gasteiger partial charge in [0.25, 0.3) is 0 Å². The van der Waals surface area contributed by atoms with Crippen LogP contribution in [0.15, 0.2) is 24.3 Å². The molecule has 1 fully saturated rings. The Bertz CT molecular complexity index is 577. The summed E-state index contributed by atoms with van der Waals surface area (Å²) in [6.07, 6.45) is 1.07. The summed E-state index contributed by atoms with van der Waals surface area (Å²) in [6.45, 7) is 3.40. The van der Waals surface area contributed by atoms with Crippen molar-refractivity contribution in [2.24, 2.45) is 0 Å². The molecule has 0 saturated carbocycles. The number of hydrogen-bond acceptors (Lipinski definition) is 4. The Kier molecular flexibility index (Phi) is 2.80. The summed E-state index contributed by atoms with van der Waals surface area (Å²) >= 11 is 0. The van der Waals surface area contributed by atoms with E-state index < -0.39 is 0 Å². The molecule has 1 aromatic heterocycles. The van der Waals surface area contributed by atoms with Gasteiger partial charge in [-0.15, -0.1) is 0 Å². The second-order valence-corrected chi connectivity index (χ2v) is 4.64. The highest BCUT2D eigenvalue weighted by Gasteiger charge is 2.18. The summed E-state index contributed by atoms with van der Waals surface area (Å²) in [6, 6.07) is 7.65. The molecule has 4 heteroatoms. The molecule has 94 valence electrons. The molecular weight excluding hydrogens is 228 g/mol. The zero-order valence-corrected chi connectivity index (χ0v) is 10.3. The molecule has 3 rings (SSSR count). The second-order valence-electron chi connectivity index (χ2n) is 4.64. The highest BCUT2D eigenvalue weighted by molar-refractivity contribution is 5.87. The van der Waals surface area contributed by atoms with Crippen molar-refractivity contribution in [3.05, 3.63) is 30.0 Å². The van der Waals surface area contributed by atoms with E-state index in [4.69, 9.17) is 15.2 Å². The van der Waals surface area contributed by atoms with Crippen molar-refractivity contribution in [2.45, 2.75) is 19.4 Å². The van der Waals surface area contributed by atoms with E-state index in [9.17, 15) is 0 Å². The Morgan fingerprint density at radius 2 is 2.28 bits per heavy atom. The van der Waals surface area contributed by atoms with Crippen molar-refractivity contribution < 1.29 is 9.47 Å². The first-order valence-corrected chi connectivity index (χ1v) is 6.13. The van der Waals surface area contributed by atoms with Gasteiger partial charge in [0.15, 0.2) is 0 Å². The van der Waals surface area contributed by atoms with E-state index in [-0.39, 0.29) is 6.10 Å². The topological polar surface area (TPSA) is 57.4 Å². The molecule has 0 bridgehead atoms. The number of nitrogens with two attached hydrogens (primary N) is 1. The number of ether oxygens (including phenoxy) is 2. The van der Waals surface area contributed by atoms with Gasteiger partial charge in [-0.05, 0) is 25.1 Å². The summed E-state index contributed by atoms with van der Waals surface area (Å²) in [5.74, 6) is 0.848. The minimum atomic E-state index is 0.136. The number of benzene rings is 1. The number of fused-ring (bicyclic) bond motifs is 1. The van der Waals surface area contributed by atoms with Gasteiger partial charge >= 0.3 is 0 Å². The molecule has 2 N–H and O–H groups in total. The minimum Gasteiger partial charge on any atom is -0.487 e. The Labute approximate surface area is 106 Å². The first kappa shape index (κ1) is 11.3. The Morgan fingerprint density at radius 1 is 1.39 bits per heavy atom. The summed E-state index contributed by atoms with van der Waals surface area (Å²) < 4.78 is 11.3. The van der Waals surface area contributed by atoms with E-state index in [1.807, 2.05) is 31.2 Å². The van der Waals surface area contributed by atoms with Crippen LogP contribution in [-0.2, 0) is 4.74 Å². The normalized spacial score (nSPS) is 19.3. The standard InChI is InChI=1S/C14H16N2O2/c1-9-6-14(18-11-4-5-17-8-11)12-7-10(15)2-3-13(12)16-9/h2-3,6-7,11H,4-5,8,15H2,1H3. The summed E-state index contributed by atoms with van der Waals surface area (Å²) in [4.78, 5) is 4.49. The van der Waals surface area contributed by atoms with Crippen LogP contribution in [0.5, 0.6) is 5.75 Å². The SMILES string of the molecule is Cc1cc(OC2CCOC2)c2cc(N)ccc2n1. The first-order valence-electron chi connectivity index (χ1n) is 6.13. The molecule has 2 heterocycles. The molecule has 0 aliphatic carbocycles. The van der Waals surface area contributed by atoms with E-state index in [1.165, 1.54) is 0 Å². The molecular formula is C14H16N2O2. The smallest absolute Gasteiger partial charge is 0.131 e. The third-order valence-corrected chi connectivity index (χ3v) is 3.10. The summed E-state index contributed by atoms with van der Waals surface area (Å²) in [5.41, 5.74) is 8.41. The maximum atomic E-state index is 6.00. The number of anilines is 1. The average Bonchev–Trinajstić information content (AvgIpc) is 2.83. The molecule has 2 aromatic rings. The Morgan fingerprint density at radius 3 is 3.06 bits per heavy atom. The predicted molar refractivity (Wildman–Crippen MR) is 70.7 cm³/mol. The molecule has 1 saturated heterocycles. The van der Waals surface area contributed by atoms with Gasteiger partial charge in [0.1, 0.15) is 11.9 Å². The summed E-state index contributed by atoms with van der Waals surface area (Å²) in [7, 11) is 0. The highest BCUT2D eigenvalue weighted by Crippen LogP contribution is 2.29. The van der Waals surface area contributed by atoms with Crippen LogP contribution in [0.3, 0.4) is 0 Å². The van der Waals surface area contributed by atoms with E-state index in [0.717, 1.165) is 41.1 Å². The van der Waals surface area contributed by atoms with Crippen molar-refractivity contribution >= 4 is 16.6 Å². The van der Waals surface area contributed by atoms with Gasteiger partial charge in [-0.3, -0.25) is 4.98 Å². The van der Waals surface area contributed by atoms with Crippen LogP contribution in [0.4, 0.5) is 5.69 Å². The van der Waals surface area contributed by atoms with Crippen LogP contribution in [0, 0.1) is 6.92 Å². The monoisotopic (exact) mass is 244 g/mol. The summed E-state index contributed by atoms with van der Waals surface area (Å²) in [5, 5.41) is 0.965. The van der Waals surface area contributed by atoms with Gasteiger partial charge in [-0.25, -0.2) is 0 Å². The molecule has 4 nitrogen and oxygen atoms in total. The van der Waals surface area contributed by atoms with E-state index in [1.54, 1.807) is 0 Å². The first-order chi connectivity index (χ1) is 8.72. The van der Waals surface area contributed by atoms with Crippen LogP contribution >= 0.6 is 0 Å². The fourth-order valence-electron chi connectivity index (χ4n) is 2.22. The molecule has 0 amide bonds. The zero-order chi connectivity index (χ0) is 12.5. The highest BCUT2D eigenvalue weighted by atomic mass is 16.5. The van der Waals surface area contributed by atoms with Gasteiger partial charge in [0.2, 0.25) is 0 Å². The van der Waals surface area contributed by atoms with Crippen molar-refractivity contribution in [2.75, 3.05) is 18.9 Å². The van der Waals surface area contributed by atoms with E-state index >= 15 is 0 Å². The lowest BCUT2D eigenvalue weighted by atomic mass is 10.1. The number of pyridine rings is 1. The predicted octanol–water partition coefficient (Wildman–Crippen LogP) is 2.29. The molecule has 1 atom stereocenters. The van der Waals surface area contributed by atoms with Crippen molar-refractivity contribution in [3.8, 4) is 5.75 Å². The molecule has 1 aliphatic heterocycles. The van der Waals surface area contributed by atoms with Gasteiger partial charge in [0.05, 0.1) is 18.7 Å². The van der Waals surface area contributed by atoms with Crippen LogP contribution in [-0.4, -0.2) is 24.3 Å². The molecule has 18 heavy (non-hydrogen) atoms. The minimum absolute atomic E-state index is 0.136. The number of aryl methyl sites for hydroxylation is 1. The lowest BCUT2D eigenvalue weighted by Crippen LogP contribution is -2.16. The van der Waals surface area contributed by atoms with E-state index in [0.29, 0.717) is 6.61 Å². The molecule has 0 radical (unpaired) electrons. The van der Waals surface area contributed by atoms with Crippen LogP contribution < -0.4 is 10.5 Å². The van der Waals surface area contributed by atoms with Crippen molar-refractivity contribution in [1.82, 2.24) is 4.98 Å². The number of rotatable bonds is 2. The van der Waals surface area contributed by atoms with Crippen LogP contribution in [0.1, 0.15) is 12.1 Å². The molecule has 0 spiro atoms. The van der Waals surface area contributed by atoms with E-state index in [2.05, 4.69) is 4.98 Å². The number of nitrogens with zero attached hydrogens (tertiary/aromatic N) is 1. The van der Waals surface area contributed by atoms with Gasteiger partial charge in [0, 0.05) is 29.3 Å². The Balaban J connectivity index is 2.05. The third kappa shape index (κ3) is 2.11. The fraction of sp³-hybridized carbons (Fsp3) is 0.357. The zero-order valence-electron chi connectivity index (χ0n) is 10.3. The number of hydrogen-bond donors (Lipinski definition) is 1. The van der Waals surface area contributed by atoms with Gasteiger partial charge in [-0.1, -0.05) is 0 Å². The average molecular weight is 244 g/mol. The van der Waals surface area contributed by atoms with Crippen molar-refractivity contribution in [1.29, 1.82) is 0 Å². The van der Waals surface area contributed by atoms with Gasteiger partial charge in [-0.2, -0.15) is 0 Å². The number of aromatic nitrogens is 1. The Hall–Kier alpha value is -1.81. The second kappa shape index (κ2) is 4.46. The molecule has 1 unspecified atom stereocenters. The largest absolute Gasteiger partial charge is 0.487 e. The van der Waals surface area contributed by atoms with Crippen LogP contribution in [0.25, 0.3) is 10.9 Å². The lowest BCUT2D eigenvalue weighted by molar-refractivity contribution is 0.142. The van der Waals surface area contributed by atoms with Gasteiger partial charge < -0.3 is 15.2 Å².